The van der Waals surface area contributed by atoms with E-state index in [1.54, 1.807) is 17.7 Å². The van der Waals surface area contributed by atoms with E-state index in [1.807, 2.05) is 0 Å². The first kappa shape index (κ1) is 25.6. The molecular weight excluding hydrogens is 551 g/mol. The molecule has 0 N–H and O–H groups in total. The third-order valence-electron chi connectivity index (χ3n) is 8.82. The van der Waals surface area contributed by atoms with Crippen LogP contribution in [0.15, 0.2) is 84.9 Å². The number of benzene rings is 4. The summed E-state index contributed by atoms with van der Waals surface area (Å²) in [6.07, 6.45) is 2.19. The Balaban J connectivity index is 0.00000137. The van der Waals surface area contributed by atoms with E-state index in [0.29, 0.717) is 0 Å². The molecule has 4 aromatic rings. The Kier molecular flexibility index (Phi) is 6.95. The molecule has 2 aliphatic rings. The minimum Gasteiger partial charge on any atom is -0.147 e. The van der Waals surface area contributed by atoms with E-state index in [0.717, 1.165) is 12.8 Å². The molecule has 0 unspecified atom stereocenters. The number of hydrogen-bond acceptors (Lipinski definition) is 0. The first-order chi connectivity index (χ1) is 15.6. The van der Waals surface area contributed by atoms with Gasteiger partial charge in [-0.2, -0.15) is 0 Å². The molecule has 0 spiro atoms. The SMILES string of the molecule is C[CH2][Zr](=[SiH2])([CH2]C)([c]1cccc2c1Cc1ccccc1-2)[c]1cccc2c1Cc1ccccc1-2.Cl.Cl. The summed E-state index contributed by atoms with van der Waals surface area (Å²) in [6.45, 7) is 7.44. The van der Waals surface area contributed by atoms with Gasteiger partial charge in [-0.25, -0.2) is 0 Å². The summed E-state index contributed by atoms with van der Waals surface area (Å²) in [7, 11) is 0. The van der Waals surface area contributed by atoms with Gasteiger partial charge in [0.05, 0.1) is 0 Å². The van der Waals surface area contributed by atoms with Gasteiger partial charge in [-0.05, 0) is 0 Å². The topological polar surface area (TPSA) is 0 Å². The smallest absolute Gasteiger partial charge is 0.147 e. The van der Waals surface area contributed by atoms with Crippen molar-refractivity contribution in [1.29, 1.82) is 0 Å². The number of rotatable bonds is 4. The minimum atomic E-state index is -3.55. The summed E-state index contributed by atoms with van der Waals surface area (Å²) in [5.74, 6) is 0. The van der Waals surface area contributed by atoms with Crippen LogP contribution in [0.1, 0.15) is 36.1 Å². The molecule has 0 saturated heterocycles. The van der Waals surface area contributed by atoms with E-state index >= 15 is 0 Å². The summed E-state index contributed by atoms with van der Waals surface area (Å²) in [4.78, 5) is 0. The Hall–Kier alpha value is -1.44. The molecule has 6 rings (SSSR count). The molecular formula is C30H32Cl2SiZr. The minimum absolute atomic E-state index is 0. The average molecular weight is 583 g/mol. The Morgan fingerprint density at radius 1 is 0.559 bits per heavy atom. The van der Waals surface area contributed by atoms with Gasteiger partial charge in [-0.3, -0.25) is 0 Å². The molecule has 0 heterocycles. The van der Waals surface area contributed by atoms with Gasteiger partial charge in [0, 0.05) is 0 Å². The third kappa shape index (κ3) is 3.40. The maximum absolute atomic E-state index is 3.55. The summed E-state index contributed by atoms with van der Waals surface area (Å²) in [6, 6.07) is 32.6. The van der Waals surface area contributed by atoms with Gasteiger partial charge >= 0.3 is 195 Å². The fourth-order valence-corrected chi connectivity index (χ4v) is 23.9. The molecule has 0 bridgehead atoms. The van der Waals surface area contributed by atoms with Gasteiger partial charge in [-0.1, -0.05) is 0 Å². The zero-order valence-corrected chi connectivity index (χ0v) is 25.4. The van der Waals surface area contributed by atoms with Crippen LogP contribution in [-0.2, 0) is 30.2 Å². The molecule has 2 aliphatic carbocycles. The van der Waals surface area contributed by atoms with E-state index in [9.17, 15) is 0 Å². The second-order valence-electron chi connectivity index (χ2n) is 9.97. The van der Waals surface area contributed by atoms with E-state index in [4.69, 9.17) is 0 Å². The van der Waals surface area contributed by atoms with Crippen molar-refractivity contribution in [2.24, 2.45) is 0 Å². The van der Waals surface area contributed by atoms with Crippen molar-refractivity contribution in [2.75, 3.05) is 0 Å². The van der Waals surface area contributed by atoms with Crippen LogP contribution in [0.25, 0.3) is 22.3 Å². The van der Waals surface area contributed by atoms with E-state index in [2.05, 4.69) is 106 Å². The predicted molar refractivity (Wildman–Crippen MR) is 153 cm³/mol. The molecule has 0 nitrogen and oxygen atoms in total. The van der Waals surface area contributed by atoms with Crippen molar-refractivity contribution in [3.05, 3.63) is 107 Å². The molecule has 0 aromatic heterocycles. The molecule has 174 valence electrons. The Bertz CT molecular complexity index is 1360. The van der Waals surface area contributed by atoms with Crippen LogP contribution in [0, 0.1) is 0 Å². The molecule has 0 radical (unpaired) electrons. The first-order valence-corrected chi connectivity index (χ1v) is 23.9. The average Bonchev–Trinajstić information content (AvgIpc) is 3.42. The van der Waals surface area contributed by atoms with Gasteiger partial charge in [0.15, 0.2) is 0 Å². The number of fused-ring (bicyclic) bond motifs is 6. The molecule has 0 amide bonds. The van der Waals surface area contributed by atoms with Gasteiger partial charge in [0.1, 0.15) is 0 Å². The van der Waals surface area contributed by atoms with Crippen LogP contribution >= 0.6 is 24.8 Å². The molecule has 4 aromatic carbocycles. The molecule has 0 aliphatic heterocycles. The number of hydrogen-bond donors (Lipinski definition) is 0. The summed E-state index contributed by atoms with van der Waals surface area (Å²) in [5, 5.41) is 0. The van der Waals surface area contributed by atoms with Crippen LogP contribution in [0.2, 0.25) is 8.26 Å². The zero-order chi connectivity index (χ0) is 21.9. The number of halogens is 2. The summed E-state index contributed by atoms with van der Waals surface area (Å²) < 4.78 is 6.09. The van der Waals surface area contributed by atoms with Crippen molar-refractivity contribution in [3.63, 3.8) is 0 Å². The van der Waals surface area contributed by atoms with Crippen LogP contribution in [0.4, 0.5) is 0 Å². The Labute approximate surface area is 218 Å². The third-order valence-corrected chi connectivity index (χ3v) is 36.9. The fourth-order valence-electron chi connectivity index (χ4n) is 6.70. The van der Waals surface area contributed by atoms with Crippen LogP contribution < -0.4 is 6.54 Å². The second-order valence-corrected chi connectivity index (χ2v) is 35.7. The van der Waals surface area contributed by atoms with Crippen LogP contribution in [0.5, 0.6) is 0 Å². The van der Waals surface area contributed by atoms with Crippen LogP contribution in [-0.4, -0.2) is 6.88 Å². The van der Waals surface area contributed by atoms with Crippen molar-refractivity contribution in [1.82, 2.24) is 0 Å². The summed E-state index contributed by atoms with van der Waals surface area (Å²) in [5.41, 5.74) is 12.1. The first-order valence-electron chi connectivity index (χ1n) is 12.0. The largest absolute Gasteiger partial charge is 0.147 e. The molecule has 0 fully saturated rings. The maximum Gasteiger partial charge on any atom is -0.147 e. The molecule has 0 atom stereocenters. The van der Waals surface area contributed by atoms with Gasteiger partial charge in [0.25, 0.3) is 0 Å². The monoisotopic (exact) mass is 580 g/mol. The van der Waals surface area contributed by atoms with Gasteiger partial charge < -0.3 is 0 Å². The predicted octanol–water partition coefficient (Wildman–Crippen LogP) is 6.74. The fraction of sp³-hybridized carbons (Fsp3) is 0.200. The second kappa shape index (κ2) is 9.21. The van der Waals surface area contributed by atoms with Crippen molar-refractivity contribution in [2.45, 2.75) is 34.9 Å². The molecule has 34 heavy (non-hydrogen) atoms. The van der Waals surface area contributed by atoms with Crippen LogP contribution in [0.3, 0.4) is 0 Å². The maximum atomic E-state index is 2.53. The Morgan fingerprint density at radius 2 is 0.941 bits per heavy atom. The molecule has 4 heteroatoms. The van der Waals surface area contributed by atoms with Crippen molar-refractivity contribution < 1.29 is 17.4 Å². The van der Waals surface area contributed by atoms with Crippen molar-refractivity contribution in [3.8, 4) is 22.3 Å². The zero-order valence-electron chi connectivity index (χ0n) is 19.9. The standard InChI is InChI=1S/2C13H9.2C2H5.2ClH.H2Si.Zr/c2*1-3-7-12-10(5-1)9-11-6-2-4-8-13(11)12;2*1-2;;;;/h2*1-5,7-8H,9H2;2*1H2,2H3;2*1H;1H2;. The van der Waals surface area contributed by atoms with Crippen molar-refractivity contribution >= 4 is 38.2 Å². The van der Waals surface area contributed by atoms with E-state index in [-0.39, 0.29) is 24.8 Å². The van der Waals surface area contributed by atoms with Gasteiger partial charge in [-0.15, -0.1) is 24.8 Å². The summed E-state index contributed by atoms with van der Waals surface area (Å²) >= 11 is -3.55. The normalized spacial score (nSPS) is 13.1. The van der Waals surface area contributed by atoms with E-state index < -0.39 is 17.4 Å². The Morgan fingerprint density at radius 3 is 1.35 bits per heavy atom. The van der Waals surface area contributed by atoms with E-state index in [1.165, 1.54) is 41.6 Å². The van der Waals surface area contributed by atoms with Gasteiger partial charge in [0.2, 0.25) is 0 Å². The molecule has 0 saturated carbocycles. The quantitative estimate of drug-likeness (QED) is 0.202.